The zero-order chi connectivity index (χ0) is 22.6. The van der Waals surface area contributed by atoms with Crippen molar-refractivity contribution in [2.45, 2.75) is 19.9 Å². The van der Waals surface area contributed by atoms with Gasteiger partial charge in [0.05, 0.1) is 6.04 Å². The summed E-state index contributed by atoms with van der Waals surface area (Å²) in [7, 11) is -0.708. The van der Waals surface area contributed by atoms with Gasteiger partial charge in [-0.2, -0.15) is 0 Å². The summed E-state index contributed by atoms with van der Waals surface area (Å²) in [4.78, 5) is 7.71. The van der Waals surface area contributed by atoms with E-state index in [2.05, 4.69) is 134 Å². The molecule has 0 radical (unpaired) electrons. The van der Waals surface area contributed by atoms with E-state index in [1.165, 1.54) is 27.2 Å². The zero-order valence-electron chi connectivity index (χ0n) is 19.2. The van der Waals surface area contributed by atoms with Crippen LogP contribution < -0.4 is 20.8 Å². The maximum absolute atomic E-state index is 5.30. The van der Waals surface area contributed by atoms with Gasteiger partial charge in [-0.25, -0.2) is 0 Å². The van der Waals surface area contributed by atoms with Crippen LogP contribution in [0.5, 0.6) is 0 Å². The average Bonchev–Trinajstić information content (AvgIpc) is 3.32. The summed E-state index contributed by atoms with van der Waals surface area (Å²) in [6, 6.07) is 41.7. The second kappa shape index (κ2) is 9.73. The summed E-state index contributed by atoms with van der Waals surface area (Å²) in [6.45, 7) is 5.46. The van der Waals surface area contributed by atoms with Crippen molar-refractivity contribution in [1.29, 1.82) is 0 Å². The molecule has 0 fully saturated rings. The molecule has 0 N–H and O–H groups in total. The van der Waals surface area contributed by atoms with Gasteiger partial charge in [-0.15, -0.1) is 0 Å². The fraction of sp³-hybridized carbons (Fsp3) is 0.167. The van der Waals surface area contributed by atoms with E-state index < -0.39 is 7.92 Å². The minimum atomic E-state index is -0.708. The number of benzene rings is 4. The van der Waals surface area contributed by atoms with Gasteiger partial charge in [0, 0.05) is 17.8 Å². The first-order valence-corrected chi connectivity index (χ1v) is 13.0. The van der Waals surface area contributed by atoms with Crippen LogP contribution in [0.1, 0.15) is 19.4 Å². The Balaban J connectivity index is 1.68. The third-order valence-corrected chi connectivity index (χ3v) is 8.67. The molecule has 0 unspecified atom stereocenters. The molecule has 164 valence electrons. The van der Waals surface area contributed by atoms with Crippen LogP contribution in [0.25, 0.3) is 0 Å². The van der Waals surface area contributed by atoms with Crippen molar-refractivity contribution in [1.82, 2.24) is 0 Å². The molecule has 0 aliphatic carbocycles. The molecule has 0 aromatic heterocycles. The van der Waals surface area contributed by atoms with E-state index in [0.29, 0.717) is 5.92 Å². The van der Waals surface area contributed by atoms with E-state index in [1.54, 1.807) is 0 Å². The highest BCUT2D eigenvalue weighted by Gasteiger charge is 2.31. The Hall–Kier alpha value is -3.22. The highest BCUT2D eigenvalue weighted by molar-refractivity contribution is 7.80. The normalized spacial score (nSPS) is 15.8. The molecule has 0 spiro atoms. The second-order valence-electron chi connectivity index (χ2n) is 8.73. The predicted octanol–water partition coefficient (Wildman–Crippen LogP) is 5.74. The Labute approximate surface area is 198 Å². The van der Waals surface area contributed by atoms with Crippen molar-refractivity contribution in [2.24, 2.45) is 10.9 Å². The van der Waals surface area contributed by atoms with Gasteiger partial charge >= 0.3 is 0 Å². The van der Waals surface area contributed by atoms with Crippen LogP contribution in [0.2, 0.25) is 0 Å². The van der Waals surface area contributed by atoms with Crippen molar-refractivity contribution >= 4 is 35.4 Å². The van der Waals surface area contributed by atoms with E-state index in [0.717, 1.165) is 12.4 Å². The lowest BCUT2D eigenvalue weighted by Crippen LogP contribution is -2.34. The van der Waals surface area contributed by atoms with Gasteiger partial charge in [-0.1, -0.05) is 117 Å². The summed E-state index contributed by atoms with van der Waals surface area (Å²) < 4.78 is 0. The molecule has 0 saturated heterocycles. The van der Waals surface area contributed by atoms with Gasteiger partial charge in [-0.3, -0.25) is 4.99 Å². The molecular weight excluding hydrogens is 419 g/mol. The first-order chi connectivity index (χ1) is 16.2. The maximum atomic E-state index is 5.30. The first kappa shape index (κ1) is 21.6. The quantitative estimate of drug-likeness (QED) is 0.344. The lowest BCUT2D eigenvalue weighted by atomic mass is 10.1. The van der Waals surface area contributed by atoms with Gasteiger partial charge in [0.1, 0.15) is 5.84 Å². The Morgan fingerprint density at radius 3 is 1.79 bits per heavy atom. The number of aliphatic imine (C=N–C) groups is 1. The van der Waals surface area contributed by atoms with Crippen LogP contribution >= 0.6 is 7.92 Å². The summed E-state index contributed by atoms with van der Waals surface area (Å²) >= 11 is 0. The molecule has 0 amide bonds. The predicted molar refractivity (Wildman–Crippen MR) is 144 cm³/mol. The van der Waals surface area contributed by atoms with Gasteiger partial charge in [0.2, 0.25) is 0 Å². The molecule has 5 rings (SSSR count). The Kier molecular flexibility index (Phi) is 6.37. The Morgan fingerprint density at radius 2 is 1.21 bits per heavy atom. The highest BCUT2D eigenvalue weighted by Crippen LogP contribution is 2.36. The number of para-hydroxylation sites is 1. The molecule has 4 aromatic carbocycles. The molecule has 2 nitrogen and oxygen atoms in total. The largest absolute Gasteiger partial charge is 0.324 e. The van der Waals surface area contributed by atoms with Crippen molar-refractivity contribution in [3.05, 3.63) is 121 Å². The number of hydrogen-bond acceptors (Lipinski definition) is 2. The van der Waals surface area contributed by atoms with Crippen LogP contribution in [-0.4, -0.2) is 18.4 Å². The van der Waals surface area contributed by atoms with Gasteiger partial charge in [0.25, 0.3) is 0 Å². The van der Waals surface area contributed by atoms with Crippen molar-refractivity contribution in [2.75, 3.05) is 11.4 Å². The first-order valence-electron chi connectivity index (χ1n) is 11.6. The van der Waals surface area contributed by atoms with E-state index in [9.17, 15) is 0 Å². The third kappa shape index (κ3) is 4.49. The average molecular weight is 449 g/mol. The fourth-order valence-electron chi connectivity index (χ4n) is 4.39. The van der Waals surface area contributed by atoms with E-state index in [4.69, 9.17) is 4.99 Å². The number of hydrogen-bond donors (Lipinski definition) is 0. The minimum absolute atomic E-state index is 0.285. The molecule has 1 aliphatic rings. The summed E-state index contributed by atoms with van der Waals surface area (Å²) in [5.74, 6) is 1.58. The second-order valence-corrected chi connectivity index (χ2v) is 10.9. The molecular formula is C30H29N2P. The fourth-order valence-corrected chi connectivity index (χ4v) is 6.84. The maximum Gasteiger partial charge on any atom is 0.136 e. The number of rotatable bonds is 6. The van der Waals surface area contributed by atoms with Crippen LogP contribution in [0, 0.1) is 5.92 Å². The van der Waals surface area contributed by atoms with Crippen LogP contribution in [0.3, 0.4) is 0 Å². The summed E-state index contributed by atoms with van der Waals surface area (Å²) in [5.41, 5.74) is 2.45. The number of nitrogens with zero attached hydrogens (tertiary/aromatic N) is 2. The van der Waals surface area contributed by atoms with Crippen LogP contribution in [-0.2, 0) is 0 Å². The zero-order valence-corrected chi connectivity index (χ0v) is 20.1. The lowest BCUT2D eigenvalue weighted by molar-refractivity contribution is 0.521. The van der Waals surface area contributed by atoms with E-state index in [-0.39, 0.29) is 6.04 Å². The molecule has 0 bridgehead atoms. The van der Waals surface area contributed by atoms with E-state index in [1.807, 2.05) is 0 Å². The topological polar surface area (TPSA) is 15.6 Å². The molecule has 0 saturated carbocycles. The molecule has 1 atom stereocenters. The van der Waals surface area contributed by atoms with Crippen LogP contribution in [0.15, 0.2) is 120 Å². The molecule has 1 heterocycles. The SMILES string of the molecule is CC(C)[C@H]1CN(c2ccccc2)C(c2ccccc2P(c2ccccc2)c2ccccc2)=N1. The molecule has 33 heavy (non-hydrogen) atoms. The summed E-state index contributed by atoms with van der Waals surface area (Å²) in [5, 5.41) is 4.07. The standard InChI is InChI=1S/C30H29N2P/c1-23(2)28-22-32(24-14-6-3-7-15-24)30(31-28)27-20-12-13-21-29(27)33(25-16-8-4-9-17-25)26-18-10-5-11-19-26/h3-21,23,28H,22H2,1-2H3/t28-/m1/s1. The summed E-state index contributed by atoms with van der Waals surface area (Å²) in [6.07, 6.45) is 0. The van der Waals surface area contributed by atoms with Gasteiger partial charge in [-0.05, 0) is 41.9 Å². The highest BCUT2D eigenvalue weighted by atomic mass is 31.1. The molecule has 3 heteroatoms. The smallest absolute Gasteiger partial charge is 0.136 e. The van der Waals surface area contributed by atoms with Crippen molar-refractivity contribution in [3.8, 4) is 0 Å². The number of anilines is 1. The van der Waals surface area contributed by atoms with Crippen molar-refractivity contribution < 1.29 is 0 Å². The monoisotopic (exact) mass is 448 g/mol. The van der Waals surface area contributed by atoms with Crippen LogP contribution in [0.4, 0.5) is 5.69 Å². The minimum Gasteiger partial charge on any atom is -0.324 e. The Morgan fingerprint density at radius 1 is 0.697 bits per heavy atom. The lowest BCUT2D eigenvalue weighted by Gasteiger charge is -2.26. The van der Waals surface area contributed by atoms with Crippen molar-refractivity contribution in [3.63, 3.8) is 0 Å². The molecule has 1 aliphatic heterocycles. The molecule has 4 aromatic rings. The van der Waals surface area contributed by atoms with Gasteiger partial charge < -0.3 is 4.90 Å². The number of amidine groups is 1. The Bertz CT molecular complexity index is 1180. The van der Waals surface area contributed by atoms with Gasteiger partial charge in [0.15, 0.2) is 0 Å². The third-order valence-electron chi connectivity index (χ3n) is 6.17. The van der Waals surface area contributed by atoms with E-state index >= 15 is 0 Å².